The van der Waals surface area contributed by atoms with Crippen LogP contribution in [0.1, 0.15) is 19.3 Å². The topological polar surface area (TPSA) is 90.5 Å². The molecule has 4 N–H and O–H groups in total. The van der Waals surface area contributed by atoms with Gasteiger partial charge in [-0.15, -0.1) is 0 Å². The minimum absolute atomic E-state index is 0.0748. The maximum absolute atomic E-state index is 11.8. The van der Waals surface area contributed by atoms with Crippen LogP contribution in [0.5, 0.6) is 0 Å². The molecule has 0 radical (unpaired) electrons. The Bertz CT molecular complexity index is 305. The van der Waals surface area contributed by atoms with Gasteiger partial charge in [-0.1, -0.05) is 0 Å². The molecule has 1 unspecified atom stereocenters. The van der Waals surface area contributed by atoms with Gasteiger partial charge in [-0.05, 0) is 24.7 Å². The Labute approximate surface area is 100 Å². The Balaban J connectivity index is 1.72. The van der Waals surface area contributed by atoms with Gasteiger partial charge in [0.2, 0.25) is 11.8 Å². The average molecular weight is 241 g/mol. The second kappa shape index (κ2) is 5.01. The number of amides is 2. The molecule has 2 rings (SSSR count). The highest BCUT2D eigenvalue weighted by Gasteiger charge is 2.42. The van der Waals surface area contributed by atoms with E-state index in [1.54, 1.807) is 0 Å². The first kappa shape index (κ1) is 12.3. The number of aliphatic hydroxyl groups is 1. The van der Waals surface area contributed by atoms with Crippen molar-refractivity contribution in [2.24, 2.45) is 5.41 Å². The zero-order valence-electron chi connectivity index (χ0n) is 9.79. The molecule has 1 heterocycles. The Kier molecular flexibility index (Phi) is 3.63. The molecular formula is C11H19N3O3. The highest BCUT2D eigenvalue weighted by Crippen LogP contribution is 2.47. The van der Waals surface area contributed by atoms with Crippen molar-refractivity contribution in [2.45, 2.75) is 25.3 Å². The lowest BCUT2D eigenvalue weighted by molar-refractivity contribution is -0.126. The molecule has 2 aliphatic rings. The molecule has 1 saturated heterocycles. The van der Waals surface area contributed by atoms with Crippen molar-refractivity contribution in [3.8, 4) is 0 Å². The van der Waals surface area contributed by atoms with Gasteiger partial charge in [0.25, 0.3) is 0 Å². The Morgan fingerprint density at radius 2 is 2.29 bits per heavy atom. The summed E-state index contributed by atoms with van der Waals surface area (Å²) in [5.74, 6) is -0.151. The van der Waals surface area contributed by atoms with Crippen LogP contribution in [0.25, 0.3) is 0 Å². The Morgan fingerprint density at radius 3 is 2.82 bits per heavy atom. The molecule has 0 spiro atoms. The van der Waals surface area contributed by atoms with E-state index in [1.807, 2.05) is 0 Å². The second-order valence-corrected chi connectivity index (χ2v) is 4.93. The molecule has 0 aromatic heterocycles. The van der Waals surface area contributed by atoms with Gasteiger partial charge in [-0.25, -0.2) is 0 Å². The van der Waals surface area contributed by atoms with Crippen molar-refractivity contribution in [2.75, 3.05) is 26.2 Å². The predicted octanol–water partition coefficient (Wildman–Crippen LogP) is -1.65. The molecule has 2 amide bonds. The summed E-state index contributed by atoms with van der Waals surface area (Å²) in [5.41, 5.74) is 0.127. The van der Waals surface area contributed by atoms with Crippen molar-refractivity contribution in [1.82, 2.24) is 16.0 Å². The van der Waals surface area contributed by atoms with Crippen LogP contribution in [0.2, 0.25) is 0 Å². The van der Waals surface area contributed by atoms with Gasteiger partial charge in [-0.2, -0.15) is 0 Å². The average Bonchev–Trinajstić information content (AvgIpc) is 3.08. The minimum Gasteiger partial charge on any atom is -0.396 e. The summed E-state index contributed by atoms with van der Waals surface area (Å²) in [4.78, 5) is 22.7. The minimum atomic E-state index is -0.336. The van der Waals surface area contributed by atoms with Crippen molar-refractivity contribution in [1.29, 1.82) is 0 Å². The first-order valence-corrected chi connectivity index (χ1v) is 6.04. The highest BCUT2D eigenvalue weighted by atomic mass is 16.3. The van der Waals surface area contributed by atoms with E-state index >= 15 is 0 Å². The van der Waals surface area contributed by atoms with Crippen molar-refractivity contribution in [3.05, 3.63) is 0 Å². The molecular weight excluding hydrogens is 222 g/mol. The van der Waals surface area contributed by atoms with Crippen molar-refractivity contribution >= 4 is 11.8 Å². The largest absolute Gasteiger partial charge is 0.396 e. The summed E-state index contributed by atoms with van der Waals surface area (Å²) in [6, 6.07) is -0.336. The van der Waals surface area contributed by atoms with Gasteiger partial charge in [0.1, 0.15) is 6.04 Å². The van der Waals surface area contributed by atoms with Crippen LogP contribution in [-0.2, 0) is 9.59 Å². The summed E-state index contributed by atoms with van der Waals surface area (Å²) in [5, 5.41) is 17.3. The zero-order valence-corrected chi connectivity index (χ0v) is 9.79. The van der Waals surface area contributed by atoms with Crippen LogP contribution in [0.4, 0.5) is 0 Å². The molecule has 2 fully saturated rings. The number of carbonyl (C=O) groups is 2. The third-order valence-electron chi connectivity index (χ3n) is 3.57. The van der Waals surface area contributed by atoms with Crippen LogP contribution in [-0.4, -0.2) is 49.2 Å². The van der Waals surface area contributed by atoms with Crippen LogP contribution in [0.15, 0.2) is 0 Å². The fraction of sp³-hybridized carbons (Fsp3) is 0.818. The standard InChI is InChI=1S/C11H19N3O3/c15-4-3-11(1-2-11)7-14-10(17)8-5-13-9(16)6-12-8/h8,12,15H,1-7H2,(H,13,16)(H,14,17). The number of hydrogen-bond acceptors (Lipinski definition) is 4. The lowest BCUT2D eigenvalue weighted by Crippen LogP contribution is -2.58. The summed E-state index contributed by atoms with van der Waals surface area (Å²) in [6.07, 6.45) is 2.90. The number of hydrogen-bond donors (Lipinski definition) is 4. The first-order valence-electron chi connectivity index (χ1n) is 6.04. The summed E-state index contributed by atoms with van der Waals surface area (Å²) in [6.45, 7) is 1.34. The second-order valence-electron chi connectivity index (χ2n) is 4.93. The first-order chi connectivity index (χ1) is 8.15. The van der Waals surface area contributed by atoms with Gasteiger partial charge in [0.05, 0.1) is 6.54 Å². The maximum Gasteiger partial charge on any atom is 0.238 e. The number of rotatable bonds is 5. The van der Waals surface area contributed by atoms with Gasteiger partial charge in [0.15, 0.2) is 0 Å². The summed E-state index contributed by atoms with van der Waals surface area (Å²) < 4.78 is 0. The molecule has 17 heavy (non-hydrogen) atoms. The molecule has 96 valence electrons. The third kappa shape index (κ3) is 3.17. The lowest BCUT2D eigenvalue weighted by Gasteiger charge is -2.24. The Hall–Kier alpha value is -1.14. The SMILES string of the molecule is O=C1CNC(C(=O)NCC2(CCO)CC2)CN1. The quantitative estimate of drug-likeness (QED) is 0.464. The molecule has 6 heteroatoms. The monoisotopic (exact) mass is 241 g/mol. The molecule has 0 bridgehead atoms. The molecule has 0 aromatic rings. The van der Waals surface area contributed by atoms with E-state index in [0.29, 0.717) is 13.1 Å². The van der Waals surface area contributed by atoms with E-state index in [9.17, 15) is 9.59 Å². The van der Waals surface area contributed by atoms with Crippen LogP contribution < -0.4 is 16.0 Å². The summed E-state index contributed by atoms with van der Waals surface area (Å²) in [7, 11) is 0. The normalized spacial score (nSPS) is 26.2. The van der Waals surface area contributed by atoms with Crippen molar-refractivity contribution in [3.63, 3.8) is 0 Å². The molecule has 1 aliphatic carbocycles. The van der Waals surface area contributed by atoms with E-state index in [2.05, 4.69) is 16.0 Å². The molecule has 6 nitrogen and oxygen atoms in total. The van der Waals surface area contributed by atoms with Crippen LogP contribution >= 0.6 is 0 Å². The van der Waals surface area contributed by atoms with E-state index in [4.69, 9.17) is 5.11 Å². The summed E-state index contributed by atoms with van der Waals surface area (Å²) >= 11 is 0. The van der Waals surface area contributed by atoms with Crippen molar-refractivity contribution < 1.29 is 14.7 Å². The molecule has 1 saturated carbocycles. The molecule has 1 atom stereocenters. The maximum atomic E-state index is 11.8. The van der Waals surface area contributed by atoms with Gasteiger partial charge < -0.3 is 15.7 Å². The fourth-order valence-corrected chi connectivity index (χ4v) is 2.08. The molecule has 1 aliphatic heterocycles. The third-order valence-corrected chi connectivity index (χ3v) is 3.57. The number of piperazine rings is 1. The van der Waals surface area contributed by atoms with Crippen LogP contribution in [0.3, 0.4) is 0 Å². The zero-order chi connectivity index (χ0) is 12.3. The predicted molar refractivity (Wildman–Crippen MR) is 61.2 cm³/mol. The van der Waals surface area contributed by atoms with Crippen LogP contribution in [0, 0.1) is 5.41 Å². The fourth-order valence-electron chi connectivity index (χ4n) is 2.08. The number of nitrogens with one attached hydrogen (secondary N) is 3. The van der Waals surface area contributed by atoms with E-state index in [1.165, 1.54) is 0 Å². The van der Waals surface area contributed by atoms with E-state index < -0.39 is 0 Å². The lowest BCUT2D eigenvalue weighted by atomic mass is 10.0. The van der Waals surface area contributed by atoms with Gasteiger partial charge >= 0.3 is 0 Å². The van der Waals surface area contributed by atoms with Gasteiger partial charge in [-0.3, -0.25) is 14.9 Å². The Morgan fingerprint density at radius 1 is 1.53 bits per heavy atom. The van der Waals surface area contributed by atoms with E-state index in [0.717, 1.165) is 19.3 Å². The number of aliphatic hydroxyl groups excluding tert-OH is 1. The molecule has 0 aromatic carbocycles. The van der Waals surface area contributed by atoms with Gasteiger partial charge in [0, 0.05) is 19.7 Å². The highest BCUT2D eigenvalue weighted by molar-refractivity contribution is 5.86. The van der Waals surface area contributed by atoms with E-state index in [-0.39, 0.29) is 36.4 Å². The number of carbonyl (C=O) groups excluding carboxylic acids is 2. The smallest absolute Gasteiger partial charge is 0.238 e.